The van der Waals surface area contributed by atoms with E-state index in [1.165, 1.54) is 77.9 Å². The number of rotatable bonds is 16. The predicted molar refractivity (Wildman–Crippen MR) is 372 cm³/mol. The molecule has 0 N–H and O–H groups in total. The molecule has 6 heteroatoms. The molecule has 1 heterocycles. The van der Waals surface area contributed by atoms with E-state index in [0.717, 1.165) is 27.3 Å². The average molecular weight is 1270 g/mol. The van der Waals surface area contributed by atoms with Crippen LogP contribution in [0.2, 0.25) is 0 Å². The number of aryl methyl sites for hydroxylation is 2. The van der Waals surface area contributed by atoms with Gasteiger partial charge in [0.1, 0.15) is 25.1 Å². The second kappa shape index (κ2) is 24.7. The van der Waals surface area contributed by atoms with Gasteiger partial charge in [0.15, 0.2) is 6.61 Å². The largest absolute Gasteiger partial charge is 0.493 e. The number of benzene rings is 8. The van der Waals surface area contributed by atoms with Gasteiger partial charge in [0.2, 0.25) is 9.39 Å². The Kier molecular flexibility index (Phi) is 18.3. The lowest BCUT2D eigenvalue weighted by Gasteiger charge is -2.38. The molecule has 0 bridgehead atoms. The molecule has 1 aromatic heterocycles. The molecule has 0 aliphatic heterocycles. The second-order valence-electron chi connectivity index (χ2n) is 30.5. The Morgan fingerprint density at radius 3 is 0.759 bits per heavy atom. The van der Waals surface area contributed by atoms with Crippen LogP contribution in [-0.2, 0) is 63.5 Å². The molecule has 9 aromatic rings. The van der Waals surface area contributed by atoms with E-state index < -0.39 is 10.8 Å². The Morgan fingerprint density at radius 2 is 0.529 bits per heavy atom. The molecule has 454 valence electrons. The summed E-state index contributed by atoms with van der Waals surface area (Å²) in [6.45, 7) is 42.7. The van der Waals surface area contributed by atoms with Gasteiger partial charge in [0.25, 0.3) is 0 Å². The van der Waals surface area contributed by atoms with Crippen molar-refractivity contribution in [3.63, 3.8) is 0 Å². The van der Waals surface area contributed by atoms with Crippen LogP contribution >= 0.6 is 22.6 Å². The van der Waals surface area contributed by atoms with E-state index in [0.29, 0.717) is 19.8 Å². The number of hydrogen-bond donors (Lipinski definition) is 0. The standard InChI is InChI=1S/C81H97IN3O2/c1-74(2,3)56-21-33-62(34-22-56)80(63-35-23-57(24-36-63)75(4,5)6,64-37-25-58(26-38-64)76(7,8)9)68-45-49-70(50-46-68)86-54-20-53-85-73(82)72(84(19)83-85)55-87-71-51-47-69(48-52-71)81(65-39-27-59(28-40-65)77(10,11)12,66-41-29-60(30-42-66)78(13,14)15)67-43-31-61(32-44-67)79(16,17)18/h21-52H,20,53-55H2,1-19H3/q+1. The SMILES string of the molecule is Cn1n[n+](CCCOc2ccc(C(c3ccc(C(C)(C)C)cc3)(c3ccc(C(C)(C)C)cc3)c3ccc(C(C)(C)C)cc3)cc2)c(I)c1COc1ccc(C(c2ccc(C(C)(C)C)cc2)(c2ccc(C(C)(C)C)cc2)c2ccc(C(C)(C)C)cc2)cc1. The van der Waals surface area contributed by atoms with Crippen molar-refractivity contribution in [2.75, 3.05) is 6.61 Å². The highest BCUT2D eigenvalue weighted by molar-refractivity contribution is 14.1. The van der Waals surface area contributed by atoms with E-state index in [1.807, 2.05) is 11.7 Å². The van der Waals surface area contributed by atoms with Gasteiger partial charge >= 0.3 is 0 Å². The Labute approximate surface area is 537 Å². The van der Waals surface area contributed by atoms with Gasteiger partial charge in [0.05, 0.1) is 22.7 Å². The van der Waals surface area contributed by atoms with Gasteiger partial charge in [-0.25, -0.2) is 0 Å². The van der Waals surface area contributed by atoms with Crippen LogP contribution in [0.25, 0.3) is 0 Å². The van der Waals surface area contributed by atoms with Gasteiger partial charge in [0, 0.05) is 29.0 Å². The van der Waals surface area contributed by atoms with Gasteiger partial charge < -0.3 is 9.47 Å². The normalized spacial score (nSPS) is 13.0. The Hall–Kier alpha value is -6.77. The number of hydrogen-bond acceptors (Lipinski definition) is 3. The molecule has 0 aliphatic carbocycles. The highest BCUT2D eigenvalue weighted by Crippen LogP contribution is 2.49. The lowest BCUT2D eigenvalue weighted by atomic mass is 9.64. The van der Waals surface area contributed by atoms with E-state index in [4.69, 9.17) is 14.7 Å². The van der Waals surface area contributed by atoms with Crippen molar-refractivity contribution in [2.24, 2.45) is 7.05 Å². The van der Waals surface area contributed by atoms with Crippen molar-refractivity contribution >= 4 is 22.6 Å². The van der Waals surface area contributed by atoms with Crippen molar-refractivity contribution in [2.45, 2.75) is 188 Å². The van der Waals surface area contributed by atoms with Crippen LogP contribution in [0.1, 0.15) is 215 Å². The summed E-state index contributed by atoms with van der Waals surface area (Å²) in [5.41, 5.74) is 17.6. The maximum absolute atomic E-state index is 6.66. The molecule has 87 heavy (non-hydrogen) atoms. The zero-order chi connectivity index (χ0) is 63.1. The highest BCUT2D eigenvalue weighted by Gasteiger charge is 2.41. The smallest absolute Gasteiger partial charge is 0.233 e. The van der Waals surface area contributed by atoms with E-state index in [-0.39, 0.29) is 32.5 Å². The fourth-order valence-corrected chi connectivity index (χ4v) is 13.2. The quantitative estimate of drug-likeness (QED) is 0.0419. The minimum atomic E-state index is -0.609. The third kappa shape index (κ3) is 13.8. The molecule has 8 aromatic carbocycles. The Bertz CT molecular complexity index is 3460. The van der Waals surface area contributed by atoms with Crippen molar-refractivity contribution in [3.8, 4) is 11.5 Å². The fraction of sp³-hybridized carbons (Fsp3) is 0.383. The number of ether oxygens (including phenoxy) is 2. The maximum atomic E-state index is 6.66. The molecule has 0 unspecified atom stereocenters. The van der Waals surface area contributed by atoms with E-state index in [1.54, 1.807) is 0 Å². The molecule has 0 amide bonds. The monoisotopic (exact) mass is 1270 g/mol. The summed E-state index contributed by atoms with van der Waals surface area (Å²) in [6.07, 6.45) is 0.782. The number of aromatic nitrogens is 3. The summed E-state index contributed by atoms with van der Waals surface area (Å²) in [7, 11) is 2.00. The van der Waals surface area contributed by atoms with Crippen LogP contribution in [0, 0.1) is 3.70 Å². The van der Waals surface area contributed by atoms with Crippen molar-refractivity contribution < 1.29 is 14.2 Å². The molecule has 0 radical (unpaired) electrons. The van der Waals surface area contributed by atoms with Crippen molar-refractivity contribution in [3.05, 3.63) is 281 Å². The van der Waals surface area contributed by atoms with Crippen molar-refractivity contribution in [1.29, 1.82) is 0 Å². The van der Waals surface area contributed by atoms with Crippen LogP contribution in [0.15, 0.2) is 194 Å². The number of nitrogens with zero attached hydrogens (tertiary/aromatic N) is 3. The molecule has 0 atom stereocenters. The maximum Gasteiger partial charge on any atom is 0.233 e. The zero-order valence-corrected chi connectivity index (χ0v) is 58.0. The van der Waals surface area contributed by atoms with Crippen LogP contribution in [0.4, 0.5) is 0 Å². The van der Waals surface area contributed by atoms with Crippen LogP contribution in [0.3, 0.4) is 0 Å². The fourth-order valence-electron chi connectivity index (χ4n) is 12.3. The average Bonchev–Trinajstić information content (AvgIpc) is 1.23. The minimum absolute atomic E-state index is 0.0230. The van der Waals surface area contributed by atoms with Gasteiger partial charge in [-0.2, -0.15) is 0 Å². The first-order valence-corrected chi connectivity index (χ1v) is 32.5. The van der Waals surface area contributed by atoms with Gasteiger partial charge in [-0.15, -0.1) is 9.36 Å². The van der Waals surface area contributed by atoms with E-state index >= 15 is 0 Å². The van der Waals surface area contributed by atoms with Crippen LogP contribution in [0.5, 0.6) is 11.5 Å². The van der Waals surface area contributed by atoms with Crippen LogP contribution < -0.4 is 14.2 Å². The van der Waals surface area contributed by atoms with Crippen molar-refractivity contribution in [1.82, 2.24) is 9.90 Å². The summed E-state index contributed by atoms with van der Waals surface area (Å²) in [6, 6.07) is 73.8. The molecule has 9 rings (SSSR count). The van der Waals surface area contributed by atoms with Gasteiger partial charge in [-0.1, -0.05) is 294 Å². The summed E-state index contributed by atoms with van der Waals surface area (Å²) in [4.78, 5) is 0. The van der Waals surface area contributed by atoms with Gasteiger partial charge in [-0.3, -0.25) is 0 Å². The third-order valence-electron chi connectivity index (χ3n) is 17.9. The molecular formula is C81H97IN3O2+. The van der Waals surface area contributed by atoms with E-state index in [9.17, 15) is 0 Å². The first-order valence-electron chi connectivity index (χ1n) is 31.5. The molecule has 0 spiro atoms. The topological polar surface area (TPSA) is 40.2 Å². The number of halogens is 1. The predicted octanol–water partition coefficient (Wildman–Crippen LogP) is 19.9. The first kappa shape index (κ1) is 64.7. The molecule has 0 saturated heterocycles. The highest BCUT2D eigenvalue weighted by atomic mass is 127. The molecule has 0 saturated carbocycles. The van der Waals surface area contributed by atoms with Gasteiger partial charge in [-0.05, 0) is 135 Å². The molecular weight excluding hydrogens is 1170 g/mol. The Morgan fingerprint density at radius 1 is 0.322 bits per heavy atom. The summed E-state index contributed by atoms with van der Waals surface area (Å²) in [5.74, 6) is 1.65. The summed E-state index contributed by atoms with van der Waals surface area (Å²) >= 11 is 2.42. The zero-order valence-electron chi connectivity index (χ0n) is 55.8. The minimum Gasteiger partial charge on any atom is -0.493 e. The Balaban J connectivity index is 0.951. The molecule has 5 nitrogen and oxygen atoms in total. The summed E-state index contributed by atoms with van der Waals surface area (Å²) in [5, 5.41) is 4.95. The van der Waals surface area contributed by atoms with E-state index in [2.05, 4.69) is 346 Å². The van der Waals surface area contributed by atoms with Crippen LogP contribution in [-0.4, -0.2) is 16.5 Å². The lowest BCUT2D eigenvalue weighted by molar-refractivity contribution is -0.766. The lowest BCUT2D eigenvalue weighted by Crippen LogP contribution is -2.40. The summed E-state index contributed by atoms with van der Waals surface area (Å²) < 4.78 is 18.3. The molecule has 0 fully saturated rings. The third-order valence-corrected chi connectivity index (χ3v) is 19.1. The first-order chi connectivity index (χ1) is 40.7. The second-order valence-corrected chi connectivity index (χ2v) is 31.5. The molecule has 0 aliphatic rings.